The molecule has 1 amide bonds. The fourth-order valence-corrected chi connectivity index (χ4v) is 3.46. The highest BCUT2D eigenvalue weighted by Crippen LogP contribution is 2.36. The highest BCUT2D eigenvalue weighted by Gasteiger charge is 2.39. The van der Waals surface area contributed by atoms with Crippen LogP contribution in [0.1, 0.15) is 64.4 Å². The fraction of sp³-hybridized carbons (Fsp3) is 0.545. The average molecular weight is 354 g/mol. The number of H-pyrrole nitrogens is 1. The second-order valence-corrected chi connectivity index (χ2v) is 8.43. The SMILES string of the molecule is Cc1ccc(-c2cnc(C3CCCCN3C(=O)C(C)(C)C(C)C)[nH]2)cc1. The minimum absolute atomic E-state index is 0.0495. The lowest BCUT2D eigenvalue weighted by molar-refractivity contribution is -0.147. The van der Waals surface area contributed by atoms with Gasteiger partial charge >= 0.3 is 0 Å². The van der Waals surface area contributed by atoms with E-state index in [-0.39, 0.29) is 17.4 Å². The maximum Gasteiger partial charge on any atom is 0.229 e. The Labute approximate surface area is 157 Å². The summed E-state index contributed by atoms with van der Waals surface area (Å²) in [6.45, 7) is 11.3. The fourth-order valence-electron chi connectivity index (χ4n) is 3.46. The Morgan fingerprint density at radius 2 is 1.92 bits per heavy atom. The van der Waals surface area contributed by atoms with E-state index in [1.54, 1.807) is 0 Å². The zero-order chi connectivity index (χ0) is 18.9. The minimum Gasteiger partial charge on any atom is -0.340 e. The van der Waals surface area contributed by atoms with E-state index in [0.29, 0.717) is 5.92 Å². The number of amides is 1. The third-order valence-corrected chi connectivity index (χ3v) is 6.03. The Hall–Kier alpha value is -2.10. The van der Waals surface area contributed by atoms with Crippen molar-refractivity contribution < 1.29 is 4.79 Å². The van der Waals surface area contributed by atoms with Crippen molar-refractivity contribution in [2.45, 2.75) is 59.9 Å². The molecular weight excluding hydrogens is 322 g/mol. The van der Waals surface area contributed by atoms with Crippen molar-refractivity contribution in [2.75, 3.05) is 6.54 Å². The number of imidazole rings is 1. The maximum absolute atomic E-state index is 13.2. The molecule has 26 heavy (non-hydrogen) atoms. The molecule has 1 atom stereocenters. The van der Waals surface area contributed by atoms with Crippen molar-refractivity contribution in [1.82, 2.24) is 14.9 Å². The molecule has 4 nitrogen and oxygen atoms in total. The molecule has 1 aromatic carbocycles. The van der Waals surface area contributed by atoms with Crippen LogP contribution in [-0.4, -0.2) is 27.3 Å². The molecule has 140 valence electrons. The van der Waals surface area contributed by atoms with E-state index in [1.807, 2.05) is 6.20 Å². The van der Waals surface area contributed by atoms with Gasteiger partial charge in [-0.25, -0.2) is 4.98 Å². The number of hydrogen-bond acceptors (Lipinski definition) is 2. The van der Waals surface area contributed by atoms with E-state index in [4.69, 9.17) is 0 Å². The lowest BCUT2D eigenvalue weighted by Gasteiger charge is -2.41. The van der Waals surface area contributed by atoms with Gasteiger partial charge in [0.25, 0.3) is 0 Å². The number of nitrogens with zero attached hydrogens (tertiary/aromatic N) is 2. The van der Waals surface area contributed by atoms with E-state index < -0.39 is 0 Å². The van der Waals surface area contributed by atoms with Crippen molar-refractivity contribution in [3.8, 4) is 11.3 Å². The van der Waals surface area contributed by atoms with Crippen molar-refractivity contribution >= 4 is 5.91 Å². The zero-order valence-electron chi connectivity index (χ0n) is 16.7. The van der Waals surface area contributed by atoms with E-state index in [1.165, 1.54) is 5.56 Å². The predicted molar refractivity (Wildman–Crippen MR) is 106 cm³/mol. The van der Waals surface area contributed by atoms with Crippen molar-refractivity contribution in [3.05, 3.63) is 41.9 Å². The number of piperidine rings is 1. The Kier molecular flexibility index (Phi) is 5.22. The van der Waals surface area contributed by atoms with Crippen LogP contribution in [0.3, 0.4) is 0 Å². The molecule has 2 aromatic rings. The number of carbonyl (C=O) groups is 1. The Bertz CT molecular complexity index is 758. The first-order valence-corrected chi connectivity index (χ1v) is 9.73. The summed E-state index contributed by atoms with van der Waals surface area (Å²) in [5.41, 5.74) is 3.03. The Balaban J connectivity index is 1.87. The van der Waals surface area contributed by atoms with Gasteiger partial charge in [0.15, 0.2) is 0 Å². The van der Waals surface area contributed by atoms with Gasteiger partial charge in [-0.2, -0.15) is 0 Å². The zero-order valence-corrected chi connectivity index (χ0v) is 16.7. The minimum atomic E-state index is -0.359. The summed E-state index contributed by atoms with van der Waals surface area (Å²) in [4.78, 5) is 23.4. The van der Waals surface area contributed by atoms with Gasteiger partial charge in [0, 0.05) is 12.0 Å². The predicted octanol–water partition coefficient (Wildman–Crippen LogP) is 5.12. The normalized spacial score (nSPS) is 18.4. The van der Waals surface area contributed by atoms with E-state index in [2.05, 4.69) is 73.8 Å². The summed E-state index contributed by atoms with van der Waals surface area (Å²) in [5, 5.41) is 0. The van der Waals surface area contributed by atoms with Crippen LogP contribution in [0, 0.1) is 18.3 Å². The van der Waals surface area contributed by atoms with Crippen molar-refractivity contribution in [2.24, 2.45) is 11.3 Å². The molecule has 0 bridgehead atoms. The molecule has 1 aliphatic rings. The number of carbonyl (C=O) groups excluding carboxylic acids is 1. The van der Waals surface area contributed by atoms with Gasteiger partial charge in [0.05, 0.1) is 17.9 Å². The monoisotopic (exact) mass is 353 g/mol. The second-order valence-electron chi connectivity index (χ2n) is 8.43. The number of aryl methyl sites for hydroxylation is 1. The van der Waals surface area contributed by atoms with E-state index in [0.717, 1.165) is 42.9 Å². The molecule has 2 heterocycles. The van der Waals surface area contributed by atoms with Gasteiger partial charge in [0.2, 0.25) is 5.91 Å². The molecule has 0 radical (unpaired) electrons. The Morgan fingerprint density at radius 1 is 1.23 bits per heavy atom. The highest BCUT2D eigenvalue weighted by molar-refractivity contribution is 5.82. The van der Waals surface area contributed by atoms with Gasteiger partial charge in [-0.3, -0.25) is 4.79 Å². The molecular formula is C22H31N3O. The largest absolute Gasteiger partial charge is 0.340 e. The molecule has 0 spiro atoms. The van der Waals surface area contributed by atoms with Gasteiger partial charge in [-0.05, 0) is 37.7 Å². The van der Waals surface area contributed by atoms with E-state index in [9.17, 15) is 4.79 Å². The van der Waals surface area contributed by atoms with Crippen molar-refractivity contribution in [3.63, 3.8) is 0 Å². The molecule has 1 aliphatic heterocycles. The van der Waals surface area contributed by atoms with Gasteiger partial charge < -0.3 is 9.88 Å². The lowest BCUT2D eigenvalue weighted by Crippen LogP contribution is -2.47. The first-order chi connectivity index (χ1) is 12.3. The quantitative estimate of drug-likeness (QED) is 0.829. The molecule has 1 aromatic heterocycles. The number of hydrogen-bond donors (Lipinski definition) is 1. The van der Waals surface area contributed by atoms with Crippen LogP contribution < -0.4 is 0 Å². The summed E-state index contributed by atoms with van der Waals surface area (Å²) in [5.74, 6) is 1.45. The lowest BCUT2D eigenvalue weighted by atomic mass is 9.79. The van der Waals surface area contributed by atoms with Crippen LogP contribution in [0.15, 0.2) is 30.5 Å². The Morgan fingerprint density at radius 3 is 2.58 bits per heavy atom. The third kappa shape index (κ3) is 3.55. The molecule has 0 aliphatic carbocycles. The van der Waals surface area contributed by atoms with Crippen LogP contribution in [0.4, 0.5) is 0 Å². The number of benzene rings is 1. The van der Waals surface area contributed by atoms with Crippen molar-refractivity contribution in [1.29, 1.82) is 0 Å². The standard InChI is InChI=1S/C22H31N3O/c1-15(2)22(4,5)21(26)25-13-7-6-8-19(25)20-23-14-18(24-20)17-11-9-16(3)10-12-17/h9-12,14-15,19H,6-8,13H2,1-5H3,(H,23,24). The van der Waals surface area contributed by atoms with Gasteiger partial charge in [0.1, 0.15) is 5.82 Å². The summed E-state index contributed by atoms with van der Waals surface area (Å²) < 4.78 is 0. The van der Waals surface area contributed by atoms with Crippen LogP contribution in [0.2, 0.25) is 0 Å². The molecule has 0 saturated carbocycles. The van der Waals surface area contributed by atoms with Crippen LogP contribution in [0.5, 0.6) is 0 Å². The van der Waals surface area contributed by atoms with E-state index >= 15 is 0 Å². The number of aromatic amines is 1. The molecule has 3 rings (SSSR count). The summed E-state index contributed by atoms with van der Waals surface area (Å²) in [6, 6.07) is 8.49. The number of rotatable bonds is 4. The molecule has 4 heteroatoms. The summed E-state index contributed by atoms with van der Waals surface area (Å²) in [6.07, 6.45) is 5.07. The smallest absolute Gasteiger partial charge is 0.229 e. The molecule has 1 N–H and O–H groups in total. The second kappa shape index (κ2) is 7.26. The number of aromatic nitrogens is 2. The van der Waals surface area contributed by atoms with Gasteiger partial charge in [-0.1, -0.05) is 57.5 Å². The summed E-state index contributed by atoms with van der Waals surface area (Å²) in [7, 11) is 0. The third-order valence-electron chi connectivity index (χ3n) is 6.03. The van der Waals surface area contributed by atoms with Crippen LogP contribution >= 0.6 is 0 Å². The molecule has 1 fully saturated rings. The van der Waals surface area contributed by atoms with Crippen LogP contribution in [-0.2, 0) is 4.79 Å². The first kappa shape index (κ1) is 18.7. The topological polar surface area (TPSA) is 49.0 Å². The number of likely N-dealkylation sites (tertiary alicyclic amines) is 1. The van der Waals surface area contributed by atoms with Crippen LogP contribution in [0.25, 0.3) is 11.3 Å². The summed E-state index contributed by atoms with van der Waals surface area (Å²) >= 11 is 0. The number of nitrogens with one attached hydrogen (secondary N) is 1. The van der Waals surface area contributed by atoms with Gasteiger partial charge in [-0.15, -0.1) is 0 Å². The maximum atomic E-state index is 13.2. The first-order valence-electron chi connectivity index (χ1n) is 9.73. The average Bonchev–Trinajstić information content (AvgIpc) is 3.11. The molecule has 1 unspecified atom stereocenters. The highest BCUT2D eigenvalue weighted by atomic mass is 16.2. The molecule has 1 saturated heterocycles.